The minimum Gasteiger partial charge on any atom is -0.455 e. The van der Waals surface area contributed by atoms with Crippen molar-refractivity contribution in [3.8, 4) is 33.6 Å². The van der Waals surface area contributed by atoms with E-state index in [-0.39, 0.29) is 0 Å². The standard InChI is InChI=1S/C58H37NO/c1-2-16-41(17-3-1)57-55(56-52-26-12-9-23-49(52)50-24-10-13-27-53(50)58(56)60-57)40-31-35-44(36-32-40)59(54-37-42-18-5-7-21-47(42)48-22-8-11-25-51(48)54)43-33-29-39(30-34-43)46-28-14-19-38-15-4-6-20-45(38)46/h1-37H. The molecule has 11 aromatic carbocycles. The van der Waals surface area contributed by atoms with Crippen molar-refractivity contribution < 1.29 is 4.42 Å². The minimum atomic E-state index is 0.876. The molecule has 0 unspecified atom stereocenters. The molecule has 0 saturated carbocycles. The molecule has 280 valence electrons. The predicted octanol–water partition coefficient (Wildman–Crippen LogP) is 16.7. The molecule has 0 bridgehead atoms. The van der Waals surface area contributed by atoms with Crippen LogP contribution in [0.25, 0.3) is 98.4 Å². The molecule has 1 heterocycles. The molecule has 0 saturated heterocycles. The Morgan fingerprint density at radius 1 is 0.317 bits per heavy atom. The van der Waals surface area contributed by atoms with E-state index in [2.05, 4.69) is 229 Å². The zero-order valence-corrected chi connectivity index (χ0v) is 32.7. The molecule has 0 aliphatic heterocycles. The summed E-state index contributed by atoms with van der Waals surface area (Å²) in [5, 5.41) is 13.2. The Hall–Kier alpha value is -7.94. The van der Waals surface area contributed by atoms with Gasteiger partial charge in [0.1, 0.15) is 11.3 Å². The summed E-state index contributed by atoms with van der Waals surface area (Å²) in [7, 11) is 0. The third-order valence-corrected chi connectivity index (χ3v) is 12.2. The van der Waals surface area contributed by atoms with Crippen molar-refractivity contribution in [1.82, 2.24) is 0 Å². The van der Waals surface area contributed by atoms with Gasteiger partial charge < -0.3 is 9.32 Å². The van der Waals surface area contributed by atoms with Gasteiger partial charge in [0.15, 0.2) is 0 Å². The lowest BCUT2D eigenvalue weighted by Gasteiger charge is -2.28. The van der Waals surface area contributed by atoms with Crippen molar-refractivity contribution in [2.24, 2.45) is 0 Å². The maximum atomic E-state index is 7.03. The van der Waals surface area contributed by atoms with Crippen LogP contribution in [0.3, 0.4) is 0 Å². The van der Waals surface area contributed by atoms with E-state index in [1.807, 2.05) is 0 Å². The van der Waals surface area contributed by atoms with Crippen LogP contribution >= 0.6 is 0 Å². The first-order chi connectivity index (χ1) is 29.8. The van der Waals surface area contributed by atoms with E-state index in [4.69, 9.17) is 4.42 Å². The Balaban J connectivity index is 1.08. The van der Waals surface area contributed by atoms with Crippen LogP contribution < -0.4 is 4.90 Å². The topological polar surface area (TPSA) is 16.4 Å². The van der Waals surface area contributed by atoms with Gasteiger partial charge in [-0.2, -0.15) is 0 Å². The monoisotopic (exact) mass is 763 g/mol. The highest BCUT2D eigenvalue weighted by Gasteiger charge is 2.24. The second kappa shape index (κ2) is 13.9. The molecule has 1 aromatic heterocycles. The number of hydrogen-bond acceptors (Lipinski definition) is 2. The summed E-state index contributed by atoms with van der Waals surface area (Å²) in [6, 6.07) is 81.1. The van der Waals surface area contributed by atoms with Crippen LogP contribution in [0.2, 0.25) is 0 Å². The van der Waals surface area contributed by atoms with E-state index in [1.165, 1.54) is 59.6 Å². The molecule has 0 amide bonds. The lowest BCUT2D eigenvalue weighted by molar-refractivity contribution is 0.636. The molecule has 0 fully saturated rings. The molecule has 0 aliphatic carbocycles. The molecule has 0 aliphatic rings. The lowest BCUT2D eigenvalue weighted by atomic mass is 9.92. The highest BCUT2D eigenvalue weighted by atomic mass is 16.3. The quantitative estimate of drug-likeness (QED) is 0.157. The van der Waals surface area contributed by atoms with Crippen LogP contribution in [-0.2, 0) is 0 Å². The summed E-state index contributed by atoms with van der Waals surface area (Å²) in [5.74, 6) is 0.876. The van der Waals surface area contributed by atoms with E-state index < -0.39 is 0 Å². The van der Waals surface area contributed by atoms with Gasteiger partial charge in [0, 0.05) is 38.7 Å². The summed E-state index contributed by atoms with van der Waals surface area (Å²) < 4.78 is 7.03. The first kappa shape index (κ1) is 34.1. The van der Waals surface area contributed by atoms with Gasteiger partial charge in [-0.25, -0.2) is 0 Å². The number of anilines is 3. The van der Waals surface area contributed by atoms with Crippen molar-refractivity contribution in [3.05, 3.63) is 224 Å². The Morgan fingerprint density at radius 3 is 1.52 bits per heavy atom. The van der Waals surface area contributed by atoms with E-state index in [0.29, 0.717) is 0 Å². The Kier molecular flexibility index (Phi) is 7.89. The number of rotatable bonds is 6. The summed E-state index contributed by atoms with van der Waals surface area (Å²) in [6.45, 7) is 0. The molecular formula is C58H37NO. The SMILES string of the molecule is c1ccc(-c2oc3c4ccccc4c4ccccc4c3c2-c2ccc(N(c3ccc(-c4cccc5ccccc45)cc3)c3cc4ccccc4c4ccccc34)cc2)cc1. The maximum Gasteiger partial charge on any atom is 0.143 e. The number of fused-ring (bicyclic) bond motifs is 10. The summed E-state index contributed by atoms with van der Waals surface area (Å²) in [5.41, 5.74) is 9.88. The van der Waals surface area contributed by atoms with Crippen LogP contribution in [0.1, 0.15) is 0 Å². The lowest BCUT2D eigenvalue weighted by Crippen LogP contribution is -2.10. The zero-order chi connectivity index (χ0) is 39.6. The average Bonchev–Trinajstić information content (AvgIpc) is 3.74. The van der Waals surface area contributed by atoms with Crippen LogP contribution in [-0.4, -0.2) is 0 Å². The molecule has 0 atom stereocenters. The third kappa shape index (κ3) is 5.42. The first-order valence-corrected chi connectivity index (χ1v) is 20.6. The van der Waals surface area contributed by atoms with Gasteiger partial charge in [0.05, 0.1) is 5.69 Å². The fourth-order valence-electron chi connectivity index (χ4n) is 9.49. The largest absolute Gasteiger partial charge is 0.455 e. The third-order valence-electron chi connectivity index (χ3n) is 12.2. The van der Waals surface area contributed by atoms with Crippen molar-refractivity contribution in [1.29, 1.82) is 0 Å². The highest BCUT2D eigenvalue weighted by Crippen LogP contribution is 2.49. The van der Waals surface area contributed by atoms with Gasteiger partial charge in [0.2, 0.25) is 0 Å². The van der Waals surface area contributed by atoms with Crippen LogP contribution in [0.15, 0.2) is 229 Å². The number of nitrogens with zero attached hydrogens (tertiary/aromatic N) is 1. The van der Waals surface area contributed by atoms with E-state index in [9.17, 15) is 0 Å². The van der Waals surface area contributed by atoms with Crippen LogP contribution in [0, 0.1) is 0 Å². The molecule has 2 nitrogen and oxygen atoms in total. The summed E-state index contributed by atoms with van der Waals surface area (Å²) in [4.78, 5) is 2.42. The maximum absolute atomic E-state index is 7.03. The Labute approximate surface area is 347 Å². The smallest absolute Gasteiger partial charge is 0.143 e. The van der Waals surface area contributed by atoms with E-state index in [1.54, 1.807) is 0 Å². The van der Waals surface area contributed by atoms with Gasteiger partial charge >= 0.3 is 0 Å². The minimum absolute atomic E-state index is 0.876. The van der Waals surface area contributed by atoms with Crippen molar-refractivity contribution in [3.63, 3.8) is 0 Å². The van der Waals surface area contributed by atoms with Crippen molar-refractivity contribution >= 4 is 81.9 Å². The van der Waals surface area contributed by atoms with Gasteiger partial charge in [-0.05, 0) is 90.1 Å². The van der Waals surface area contributed by atoms with E-state index >= 15 is 0 Å². The van der Waals surface area contributed by atoms with Crippen molar-refractivity contribution in [2.75, 3.05) is 4.90 Å². The fraction of sp³-hybridized carbons (Fsp3) is 0. The number of furan rings is 1. The Bertz CT molecular complexity index is 3580. The molecular weight excluding hydrogens is 727 g/mol. The van der Waals surface area contributed by atoms with E-state index in [0.717, 1.165) is 55.9 Å². The number of hydrogen-bond donors (Lipinski definition) is 0. The van der Waals surface area contributed by atoms with Gasteiger partial charge in [0.25, 0.3) is 0 Å². The van der Waals surface area contributed by atoms with Gasteiger partial charge in [-0.1, -0.05) is 194 Å². The second-order valence-corrected chi connectivity index (χ2v) is 15.6. The molecule has 12 rings (SSSR count). The van der Waals surface area contributed by atoms with Gasteiger partial charge in [-0.15, -0.1) is 0 Å². The summed E-state index contributed by atoms with van der Waals surface area (Å²) in [6.07, 6.45) is 0. The fourth-order valence-corrected chi connectivity index (χ4v) is 9.49. The molecule has 0 radical (unpaired) electrons. The molecule has 12 aromatic rings. The molecule has 60 heavy (non-hydrogen) atoms. The normalized spacial score (nSPS) is 11.7. The average molecular weight is 764 g/mol. The molecule has 0 N–H and O–H groups in total. The first-order valence-electron chi connectivity index (χ1n) is 20.6. The van der Waals surface area contributed by atoms with Crippen LogP contribution in [0.4, 0.5) is 17.1 Å². The van der Waals surface area contributed by atoms with Crippen LogP contribution in [0.5, 0.6) is 0 Å². The zero-order valence-electron chi connectivity index (χ0n) is 32.7. The highest BCUT2D eigenvalue weighted by molar-refractivity contribution is 6.28. The van der Waals surface area contributed by atoms with Gasteiger partial charge in [-0.3, -0.25) is 0 Å². The second-order valence-electron chi connectivity index (χ2n) is 15.6. The Morgan fingerprint density at radius 2 is 0.817 bits per heavy atom. The molecule has 2 heteroatoms. The summed E-state index contributed by atoms with van der Waals surface area (Å²) >= 11 is 0. The number of benzene rings is 11. The molecule has 0 spiro atoms. The van der Waals surface area contributed by atoms with Crippen molar-refractivity contribution in [2.45, 2.75) is 0 Å². The predicted molar refractivity (Wildman–Crippen MR) is 255 cm³/mol.